The topological polar surface area (TPSA) is 64.3 Å². The number of halogens is 1. The first-order valence-corrected chi connectivity index (χ1v) is 7.76. The van der Waals surface area contributed by atoms with Crippen molar-refractivity contribution < 1.29 is 9.53 Å². The Kier molecular flexibility index (Phi) is 5.64. The van der Waals surface area contributed by atoms with Gasteiger partial charge in [-0.25, -0.2) is 0 Å². The van der Waals surface area contributed by atoms with E-state index in [0.29, 0.717) is 29.5 Å². The highest BCUT2D eigenvalue weighted by Gasteiger charge is 2.13. The summed E-state index contributed by atoms with van der Waals surface area (Å²) in [7, 11) is 0. The van der Waals surface area contributed by atoms with E-state index in [1.54, 1.807) is 18.2 Å². The van der Waals surface area contributed by atoms with Gasteiger partial charge < -0.3 is 15.8 Å². The van der Waals surface area contributed by atoms with Crippen LogP contribution in [0.4, 0.5) is 0 Å². The number of carbonyl (C=O) groups excluding carboxylic acids is 1. The van der Waals surface area contributed by atoms with Crippen molar-refractivity contribution in [1.82, 2.24) is 5.32 Å². The van der Waals surface area contributed by atoms with Crippen LogP contribution in [0.15, 0.2) is 48.5 Å². The van der Waals surface area contributed by atoms with E-state index in [0.717, 1.165) is 5.56 Å². The number of nitrogens with one attached hydrogen (secondary N) is 1. The predicted molar refractivity (Wildman–Crippen MR) is 92.8 cm³/mol. The van der Waals surface area contributed by atoms with Gasteiger partial charge in [-0.2, -0.15) is 0 Å². The van der Waals surface area contributed by atoms with Crippen LogP contribution in [-0.4, -0.2) is 18.0 Å². The first kappa shape index (κ1) is 17.3. The minimum absolute atomic E-state index is 0.166. The van der Waals surface area contributed by atoms with E-state index in [1.165, 1.54) is 0 Å². The normalized spacial score (nSPS) is 11.1. The van der Waals surface area contributed by atoms with E-state index in [2.05, 4.69) is 5.32 Å². The van der Waals surface area contributed by atoms with Gasteiger partial charge in [0.25, 0.3) is 5.91 Å². The summed E-state index contributed by atoms with van der Waals surface area (Å²) in [6, 6.07) is 14.5. The average Bonchev–Trinajstić information content (AvgIpc) is 2.51. The van der Waals surface area contributed by atoms with Gasteiger partial charge in [0.05, 0.1) is 0 Å². The van der Waals surface area contributed by atoms with E-state index >= 15 is 0 Å². The lowest BCUT2D eigenvalue weighted by atomic mass is 10.1. The fourth-order valence-corrected chi connectivity index (χ4v) is 2.01. The molecule has 0 aromatic heterocycles. The van der Waals surface area contributed by atoms with Crippen molar-refractivity contribution in [2.24, 2.45) is 5.73 Å². The lowest BCUT2D eigenvalue weighted by Crippen LogP contribution is -2.45. The highest BCUT2D eigenvalue weighted by Crippen LogP contribution is 2.16. The smallest absolute Gasteiger partial charge is 0.251 e. The molecule has 0 heterocycles. The van der Waals surface area contributed by atoms with Crippen molar-refractivity contribution in [3.05, 3.63) is 64.7 Å². The van der Waals surface area contributed by atoms with Gasteiger partial charge in [-0.15, -0.1) is 0 Å². The van der Waals surface area contributed by atoms with Crippen LogP contribution in [0, 0.1) is 0 Å². The predicted octanol–water partition coefficient (Wildman–Crippen LogP) is 3.39. The van der Waals surface area contributed by atoms with E-state index in [-0.39, 0.29) is 5.91 Å². The third kappa shape index (κ3) is 5.93. The molecule has 0 atom stereocenters. The molecule has 1 amide bonds. The van der Waals surface area contributed by atoms with Crippen molar-refractivity contribution in [3.63, 3.8) is 0 Å². The zero-order valence-electron chi connectivity index (χ0n) is 13.3. The van der Waals surface area contributed by atoms with E-state index in [1.807, 2.05) is 44.2 Å². The first-order chi connectivity index (χ1) is 10.8. The maximum atomic E-state index is 12.1. The molecule has 2 aromatic carbocycles. The summed E-state index contributed by atoms with van der Waals surface area (Å²) in [5.41, 5.74) is 6.97. The van der Waals surface area contributed by atoms with Gasteiger partial charge in [0.15, 0.2) is 0 Å². The van der Waals surface area contributed by atoms with E-state index < -0.39 is 5.54 Å². The highest BCUT2D eigenvalue weighted by atomic mass is 35.5. The number of rotatable bonds is 6. The Bertz CT molecular complexity index is 663. The molecule has 122 valence electrons. The zero-order chi connectivity index (χ0) is 16.9. The maximum absolute atomic E-state index is 12.1. The van der Waals surface area contributed by atoms with Crippen LogP contribution in [0.5, 0.6) is 5.75 Å². The summed E-state index contributed by atoms with van der Waals surface area (Å²) >= 11 is 5.85. The second-order valence-electron chi connectivity index (χ2n) is 6.11. The molecule has 0 aliphatic rings. The molecule has 0 saturated carbocycles. The number of hydrogen-bond donors (Lipinski definition) is 2. The molecule has 0 aliphatic carbocycles. The standard InChI is InChI=1S/C18H21ClN2O2/c1-18(2,20)12-21-17(22)14-4-3-5-16(10-14)23-11-13-6-8-15(19)9-7-13/h3-10H,11-12,20H2,1-2H3,(H,21,22). The molecule has 4 nitrogen and oxygen atoms in total. The monoisotopic (exact) mass is 332 g/mol. The van der Waals surface area contributed by atoms with Gasteiger partial charge in [-0.1, -0.05) is 29.8 Å². The van der Waals surface area contributed by atoms with Crippen LogP contribution in [0.3, 0.4) is 0 Å². The molecule has 5 heteroatoms. The van der Waals surface area contributed by atoms with Crippen LogP contribution >= 0.6 is 11.6 Å². The summed E-state index contributed by atoms with van der Waals surface area (Å²) in [4.78, 5) is 12.1. The van der Waals surface area contributed by atoms with Gasteiger partial charge in [0.1, 0.15) is 12.4 Å². The Hall–Kier alpha value is -2.04. The fraction of sp³-hybridized carbons (Fsp3) is 0.278. The number of hydrogen-bond acceptors (Lipinski definition) is 3. The largest absolute Gasteiger partial charge is 0.489 e. The molecule has 23 heavy (non-hydrogen) atoms. The molecule has 0 fully saturated rings. The average molecular weight is 333 g/mol. The van der Waals surface area contributed by atoms with E-state index in [9.17, 15) is 4.79 Å². The Morgan fingerprint density at radius 1 is 1.22 bits per heavy atom. The second-order valence-corrected chi connectivity index (χ2v) is 6.55. The lowest BCUT2D eigenvalue weighted by molar-refractivity contribution is 0.0945. The second kappa shape index (κ2) is 7.49. The molecule has 0 saturated heterocycles. The summed E-state index contributed by atoms with van der Waals surface area (Å²) in [5.74, 6) is 0.472. The Labute approximate surface area is 141 Å². The van der Waals surface area contributed by atoms with Crippen molar-refractivity contribution >= 4 is 17.5 Å². The lowest BCUT2D eigenvalue weighted by Gasteiger charge is -2.19. The van der Waals surface area contributed by atoms with Crippen LogP contribution < -0.4 is 15.8 Å². The van der Waals surface area contributed by atoms with E-state index in [4.69, 9.17) is 22.1 Å². The summed E-state index contributed by atoms with van der Waals surface area (Å²) in [6.07, 6.45) is 0. The van der Waals surface area contributed by atoms with Crippen LogP contribution in [0.25, 0.3) is 0 Å². The third-order valence-electron chi connectivity index (χ3n) is 3.12. The minimum Gasteiger partial charge on any atom is -0.489 e. The Morgan fingerprint density at radius 3 is 2.57 bits per heavy atom. The zero-order valence-corrected chi connectivity index (χ0v) is 14.1. The molecule has 0 spiro atoms. The van der Waals surface area contributed by atoms with Crippen molar-refractivity contribution in [1.29, 1.82) is 0 Å². The number of benzene rings is 2. The summed E-state index contributed by atoms with van der Waals surface area (Å²) in [6.45, 7) is 4.54. The fourth-order valence-electron chi connectivity index (χ4n) is 1.88. The highest BCUT2D eigenvalue weighted by molar-refractivity contribution is 6.30. The molecule has 0 radical (unpaired) electrons. The number of nitrogens with two attached hydrogens (primary N) is 1. The molecule has 2 aromatic rings. The number of amides is 1. The van der Waals surface area contributed by atoms with Crippen molar-refractivity contribution in [2.75, 3.05) is 6.54 Å². The summed E-state index contributed by atoms with van der Waals surface area (Å²) < 4.78 is 5.72. The Morgan fingerprint density at radius 2 is 1.91 bits per heavy atom. The van der Waals surface area contributed by atoms with Gasteiger partial charge in [0.2, 0.25) is 0 Å². The molecule has 3 N–H and O–H groups in total. The van der Waals surface area contributed by atoms with Gasteiger partial charge in [0, 0.05) is 22.7 Å². The number of ether oxygens (including phenoxy) is 1. The summed E-state index contributed by atoms with van der Waals surface area (Å²) in [5, 5.41) is 3.50. The minimum atomic E-state index is -0.446. The molecule has 0 unspecified atom stereocenters. The molecular formula is C18H21ClN2O2. The van der Waals surface area contributed by atoms with Crippen molar-refractivity contribution in [3.8, 4) is 5.75 Å². The maximum Gasteiger partial charge on any atom is 0.251 e. The van der Waals surface area contributed by atoms with Gasteiger partial charge in [-0.05, 0) is 49.7 Å². The Balaban J connectivity index is 1.96. The van der Waals surface area contributed by atoms with Gasteiger partial charge in [-0.3, -0.25) is 4.79 Å². The SMILES string of the molecule is CC(C)(N)CNC(=O)c1cccc(OCc2ccc(Cl)cc2)c1. The third-order valence-corrected chi connectivity index (χ3v) is 3.37. The molecular weight excluding hydrogens is 312 g/mol. The quantitative estimate of drug-likeness (QED) is 0.852. The van der Waals surface area contributed by atoms with Gasteiger partial charge >= 0.3 is 0 Å². The first-order valence-electron chi connectivity index (χ1n) is 7.38. The molecule has 0 bridgehead atoms. The van der Waals surface area contributed by atoms with Crippen LogP contribution in [-0.2, 0) is 6.61 Å². The number of carbonyl (C=O) groups is 1. The van der Waals surface area contributed by atoms with Crippen molar-refractivity contribution in [2.45, 2.75) is 26.0 Å². The molecule has 0 aliphatic heterocycles. The van der Waals surface area contributed by atoms with Crippen LogP contribution in [0.1, 0.15) is 29.8 Å². The van der Waals surface area contributed by atoms with Crippen LogP contribution in [0.2, 0.25) is 5.02 Å². The molecule has 2 rings (SSSR count).